The SMILES string of the molecule is CN(C)C(=O)C=Cc1ccccc1CN1O[C@@H]2[C@H]3OC(C4CC4)(C4CC4)O[C@H]3[C@H]3C[C@]2(C(=O)NCCC(=O)NCCO)[C@@H]1C(=O)O3. The summed E-state index contributed by atoms with van der Waals surface area (Å²) in [5, 5.41) is 16.0. The molecule has 3 aliphatic carbocycles. The standard InChI is InChI=1S/C33H42N4O9/c1-36(2)25(40)12-7-19-5-3-4-6-20(19)18-37-28-30(41)43-23-17-32(28,31(42)35-14-13-24(39)34-15-16-38)29(46-37)27-26(23)44-33(45-27,21-8-9-21)22-10-11-22/h3-7,12,21-23,26-29,38H,8-11,13-18H2,1-2H3,(H,34,39)(H,35,42)/t23-,26+,27+,28+,29-,32+/m1/s1. The van der Waals surface area contributed by atoms with Gasteiger partial charge < -0.3 is 34.9 Å². The van der Waals surface area contributed by atoms with E-state index in [1.807, 2.05) is 24.3 Å². The highest BCUT2D eigenvalue weighted by Gasteiger charge is 2.78. The zero-order valence-corrected chi connectivity index (χ0v) is 26.2. The fourth-order valence-corrected chi connectivity index (χ4v) is 7.72. The average Bonchev–Trinajstić information content (AvgIpc) is 3.98. The van der Waals surface area contributed by atoms with Crippen molar-refractivity contribution >= 4 is 29.8 Å². The molecule has 6 fully saturated rings. The highest BCUT2D eigenvalue weighted by molar-refractivity contribution is 5.94. The van der Waals surface area contributed by atoms with E-state index < -0.39 is 53.5 Å². The van der Waals surface area contributed by atoms with Gasteiger partial charge in [-0.05, 0) is 42.9 Å². The van der Waals surface area contributed by atoms with E-state index in [0.29, 0.717) is 0 Å². The zero-order valence-electron chi connectivity index (χ0n) is 26.2. The summed E-state index contributed by atoms with van der Waals surface area (Å²) in [4.78, 5) is 60.9. The highest BCUT2D eigenvalue weighted by Crippen LogP contribution is 2.63. The number of hydrogen-bond acceptors (Lipinski definition) is 10. The van der Waals surface area contributed by atoms with E-state index in [-0.39, 0.29) is 62.7 Å². The van der Waals surface area contributed by atoms with E-state index in [1.54, 1.807) is 20.2 Å². The number of nitrogens with one attached hydrogen (secondary N) is 2. The second-order valence-corrected chi connectivity index (χ2v) is 13.5. The van der Waals surface area contributed by atoms with Crippen LogP contribution in [0.5, 0.6) is 0 Å². The molecule has 0 radical (unpaired) electrons. The molecule has 13 heteroatoms. The van der Waals surface area contributed by atoms with Crippen molar-refractivity contribution in [2.24, 2.45) is 17.3 Å². The van der Waals surface area contributed by atoms with Crippen LogP contribution in [0.4, 0.5) is 0 Å². The minimum atomic E-state index is -1.35. The number of amides is 3. The lowest BCUT2D eigenvalue weighted by Crippen LogP contribution is -2.69. The molecular formula is C33H42N4O9. The molecule has 46 heavy (non-hydrogen) atoms. The van der Waals surface area contributed by atoms with Gasteiger partial charge in [-0.25, -0.2) is 0 Å². The van der Waals surface area contributed by atoms with Crippen LogP contribution >= 0.6 is 0 Å². The first kappa shape index (κ1) is 31.3. The Morgan fingerprint density at radius 3 is 2.46 bits per heavy atom. The first-order valence-electron chi connectivity index (χ1n) is 16.3. The Bertz CT molecular complexity index is 1410. The second kappa shape index (κ2) is 12.0. The van der Waals surface area contributed by atoms with Gasteiger partial charge in [0.1, 0.15) is 29.8 Å². The van der Waals surface area contributed by atoms with Crippen molar-refractivity contribution < 1.29 is 43.3 Å². The van der Waals surface area contributed by atoms with Crippen molar-refractivity contribution in [2.75, 3.05) is 33.8 Å². The number of carbonyl (C=O) groups is 4. The van der Waals surface area contributed by atoms with E-state index in [9.17, 15) is 19.2 Å². The molecule has 2 bridgehead atoms. The maximum absolute atomic E-state index is 14.3. The van der Waals surface area contributed by atoms with Crippen molar-refractivity contribution in [2.45, 2.75) is 81.3 Å². The first-order valence-corrected chi connectivity index (χ1v) is 16.3. The molecule has 3 N–H and O–H groups in total. The number of esters is 1. The van der Waals surface area contributed by atoms with E-state index in [4.69, 9.17) is 24.2 Å². The van der Waals surface area contributed by atoms with E-state index in [2.05, 4.69) is 10.6 Å². The van der Waals surface area contributed by atoms with Gasteiger partial charge in [0.05, 0.1) is 13.2 Å². The van der Waals surface area contributed by atoms with Crippen molar-refractivity contribution in [1.29, 1.82) is 0 Å². The number of hydrogen-bond donors (Lipinski definition) is 3. The third-order valence-corrected chi connectivity index (χ3v) is 10.2. The normalized spacial score (nSPS) is 32.6. The Balaban J connectivity index is 1.20. The van der Waals surface area contributed by atoms with Crippen LogP contribution in [0, 0.1) is 17.3 Å². The number of nitrogens with zero attached hydrogens (tertiary/aromatic N) is 2. The molecular weight excluding hydrogens is 596 g/mol. The molecule has 0 spiro atoms. The Morgan fingerprint density at radius 1 is 1.04 bits per heavy atom. The van der Waals surface area contributed by atoms with Gasteiger partial charge in [-0.2, -0.15) is 5.06 Å². The molecule has 3 saturated carbocycles. The number of rotatable bonds is 12. The molecule has 248 valence electrons. The number of aliphatic hydroxyl groups is 1. The predicted molar refractivity (Wildman–Crippen MR) is 161 cm³/mol. The first-order chi connectivity index (χ1) is 22.2. The van der Waals surface area contributed by atoms with Crippen LogP contribution in [0.1, 0.15) is 49.7 Å². The van der Waals surface area contributed by atoms with Gasteiger partial charge >= 0.3 is 5.97 Å². The number of ether oxygens (including phenoxy) is 3. The summed E-state index contributed by atoms with van der Waals surface area (Å²) < 4.78 is 19.7. The minimum Gasteiger partial charge on any atom is -0.458 e. The molecule has 3 amide bonds. The maximum Gasteiger partial charge on any atom is 0.327 e. The van der Waals surface area contributed by atoms with E-state index >= 15 is 0 Å². The van der Waals surface area contributed by atoms with Crippen LogP contribution in [0.15, 0.2) is 30.3 Å². The summed E-state index contributed by atoms with van der Waals surface area (Å²) in [6.07, 6.45) is 4.74. The molecule has 1 aromatic rings. The van der Waals surface area contributed by atoms with Crippen molar-refractivity contribution in [1.82, 2.24) is 20.6 Å². The third-order valence-electron chi connectivity index (χ3n) is 10.2. The molecule has 6 aliphatic rings. The molecule has 3 aliphatic heterocycles. The number of fused-ring (bicyclic) bond motifs is 4. The van der Waals surface area contributed by atoms with Gasteiger partial charge in [0.2, 0.25) is 17.7 Å². The monoisotopic (exact) mass is 638 g/mol. The number of benzene rings is 1. The lowest BCUT2D eigenvalue weighted by atomic mass is 9.62. The lowest BCUT2D eigenvalue weighted by Gasteiger charge is -2.48. The number of aliphatic hydroxyl groups excluding tert-OH is 1. The summed E-state index contributed by atoms with van der Waals surface area (Å²) in [5.74, 6) is -1.67. The molecule has 1 aromatic carbocycles. The minimum absolute atomic E-state index is 0.0130. The summed E-state index contributed by atoms with van der Waals surface area (Å²) >= 11 is 0. The van der Waals surface area contributed by atoms with Crippen molar-refractivity contribution in [3.05, 3.63) is 41.5 Å². The lowest BCUT2D eigenvalue weighted by molar-refractivity contribution is -0.235. The molecule has 0 unspecified atom stereocenters. The molecule has 3 heterocycles. The molecule has 13 nitrogen and oxygen atoms in total. The largest absolute Gasteiger partial charge is 0.458 e. The summed E-state index contributed by atoms with van der Waals surface area (Å²) in [6, 6.07) is 6.43. The smallest absolute Gasteiger partial charge is 0.327 e. The Labute approximate surface area is 267 Å². The summed E-state index contributed by atoms with van der Waals surface area (Å²) in [5.41, 5.74) is 0.215. The third kappa shape index (κ3) is 5.31. The number of carbonyl (C=O) groups excluding carboxylic acids is 4. The molecule has 7 rings (SSSR count). The fourth-order valence-electron chi connectivity index (χ4n) is 7.72. The second-order valence-electron chi connectivity index (χ2n) is 13.5. The van der Waals surface area contributed by atoms with Crippen molar-refractivity contribution in [3.8, 4) is 0 Å². The Hall–Kier alpha value is -3.36. The average molecular weight is 639 g/mol. The molecule has 3 saturated heterocycles. The maximum atomic E-state index is 14.3. The van der Waals surface area contributed by atoms with Crippen LogP contribution in [0.3, 0.4) is 0 Å². The summed E-state index contributed by atoms with van der Waals surface area (Å²) in [7, 11) is 3.35. The van der Waals surface area contributed by atoms with Gasteiger partial charge in [-0.1, -0.05) is 24.3 Å². The Kier molecular flexibility index (Phi) is 8.17. The van der Waals surface area contributed by atoms with Crippen LogP contribution in [-0.4, -0.2) is 109 Å². The number of hydroxylamine groups is 2. The van der Waals surface area contributed by atoms with E-state index in [0.717, 1.165) is 36.8 Å². The van der Waals surface area contributed by atoms with Crippen LogP contribution < -0.4 is 10.6 Å². The van der Waals surface area contributed by atoms with Gasteiger partial charge in [0.25, 0.3) is 0 Å². The van der Waals surface area contributed by atoms with Gasteiger partial charge in [-0.15, -0.1) is 0 Å². The topological polar surface area (TPSA) is 156 Å². The Morgan fingerprint density at radius 2 is 1.76 bits per heavy atom. The van der Waals surface area contributed by atoms with Gasteiger partial charge in [-0.3, -0.25) is 24.0 Å². The van der Waals surface area contributed by atoms with Crippen LogP contribution in [-0.2, 0) is 44.8 Å². The predicted octanol–water partition coefficient (Wildman–Crippen LogP) is 0.503. The van der Waals surface area contributed by atoms with Crippen LogP contribution in [0.2, 0.25) is 0 Å². The van der Waals surface area contributed by atoms with Gasteiger partial charge in [0, 0.05) is 57.9 Å². The zero-order chi connectivity index (χ0) is 32.2. The number of likely N-dealkylation sites (N-methyl/N-ethyl adjacent to an activating group) is 1. The van der Waals surface area contributed by atoms with Gasteiger partial charge in [0.15, 0.2) is 11.8 Å². The summed E-state index contributed by atoms with van der Waals surface area (Å²) in [6.45, 7) is 0.135. The van der Waals surface area contributed by atoms with E-state index in [1.165, 1.54) is 16.0 Å². The molecule has 6 atom stereocenters. The molecule has 0 aromatic heterocycles. The highest BCUT2D eigenvalue weighted by atomic mass is 16.8. The fraction of sp³-hybridized carbons (Fsp3) is 0.636. The van der Waals surface area contributed by atoms with Crippen molar-refractivity contribution in [3.63, 3.8) is 0 Å². The van der Waals surface area contributed by atoms with Crippen LogP contribution in [0.25, 0.3) is 6.08 Å². The quantitative estimate of drug-likeness (QED) is 0.218.